The summed E-state index contributed by atoms with van der Waals surface area (Å²) < 4.78 is 42.0. The lowest BCUT2D eigenvalue weighted by Crippen LogP contribution is -2.41. The van der Waals surface area contributed by atoms with Gasteiger partial charge < -0.3 is 48.1 Å². The van der Waals surface area contributed by atoms with Crippen LogP contribution in [0.3, 0.4) is 0 Å². The number of phenols is 1. The summed E-state index contributed by atoms with van der Waals surface area (Å²) in [5.74, 6) is 2.63. The number of carbonyl (C=O) groups is 2. The second kappa shape index (κ2) is 21.1. The minimum Gasteiger partial charge on any atom is -0.504 e. The van der Waals surface area contributed by atoms with Gasteiger partial charge in [-0.25, -0.2) is 9.59 Å². The zero-order valence-electron chi connectivity index (χ0n) is 37.9. The number of fused-ring (bicyclic) bond motifs is 2. The average Bonchev–Trinajstić information content (AvgIpc) is 3.34. The first-order chi connectivity index (χ1) is 32.3. The highest BCUT2D eigenvalue weighted by molar-refractivity contribution is 5.72. The smallest absolute Gasteiger partial charge is 0.410 e. The minimum absolute atomic E-state index is 0.147. The number of carbonyl (C=O) groups excluding carboxylic acids is 2. The molecule has 0 saturated carbocycles. The summed E-state index contributed by atoms with van der Waals surface area (Å²) in [4.78, 5) is 30.6. The van der Waals surface area contributed by atoms with E-state index in [9.17, 15) is 14.7 Å². The normalized spacial score (nSPS) is 15.2. The molecule has 2 aliphatic rings. The van der Waals surface area contributed by atoms with Crippen molar-refractivity contribution in [2.75, 3.05) is 40.5 Å². The molecule has 2 atom stereocenters. The number of methoxy groups -OCH3 is 2. The summed E-state index contributed by atoms with van der Waals surface area (Å²) >= 11 is 0. The molecule has 12 heteroatoms. The van der Waals surface area contributed by atoms with Gasteiger partial charge in [-0.3, -0.25) is 0 Å². The van der Waals surface area contributed by atoms with Gasteiger partial charge in [0.15, 0.2) is 23.0 Å². The van der Waals surface area contributed by atoms with Crippen molar-refractivity contribution in [2.24, 2.45) is 0 Å². The fourth-order valence-corrected chi connectivity index (χ4v) is 8.82. The van der Waals surface area contributed by atoms with Gasteiger partial charge in [0.05, 0.1) is 39.5 Å². The van der Waals surface area contributed by atoms with Gasteiger partial charge in [0.2, 0.25) is 5.75 Å². The second-order valence-corrected chi connectivity index (χ2v) is 16.2. The molecular weight excluding hydrogens is 837 g/mol. The summed E-state index contributed by atoms with van der Waals surface area (Å²) in [5.41, 5.74) is 7.47. The van der Waals surface area contributed by atoms with E-state index in [-0.39, 0.29) is 24.7 Å². The van der Waals surface area contributed by atoms with Gasteiger partial charge in [0.1, 0.15) is 24.7 Å². The van der Waals surface area contributed by atoms with E-state index in [2.05, 4.69) is 0 Å². The average molecular weight is 893 g/mol. The first-order valence-electron chi connectivity index (χ1n) is 22.5. The van der Waals surface area contributed by atoms with Crippen LogP contribution in [0.25, 0.3) is 0 Å². The lowest BCUT2D eigenvalue weighted by atomic mass is 9.87. The molecule has 2 amide bonds. The van der Waals surface area contributed by atoms with E-state index in [0.717, 1.165) is 50.4 Å². The SMILES string of the molecule is CCOC(=O)N1CCc2cc(OC)c(Oc3c4c(cc(O)c3OC)[C@H](Cc3ccc(OCc5ccccc5)cc3)N(C(=O)OCC)CC4)cc2[C@H]1Cc1ccc(OCc2ccccc2)cc1. The molecule has 0 radical (unpaired) electrons. The van der Waals surface area contributed by atoms with E-state index in [1.165, 1.54) is 7.11 Å². The number of ether oxygens (including phenoxy) is 7. The van der Waals surface area contributed by atoms with Crippen LogP contribution >= 0.6 is 0 Å². The van der Waals surface area contributed by atoms with Crippen molar-refractivity contribution in [3.05, 3.63) is 172 Å². The fourth-order valence-electron chi connectivity index (χ4n) is 8.82. The van der Waals surface area contributed by atoms with Gasteiger partial charge in [0.25, 0.3) is 0 Å². The first-order valence-corrected chi connectivity index (χ1v) is 22.5. The summed E-state index contributed by atoms with van der Waals surface area (Å²) in [6, 6.07) is 40.3. The number of benzene rings is 6. The minimum atomic E-state index is -0.522. The zero-order valence-corrected chi connectivity index (χ0v) is 37.9. The Morgan fingerprint density at radius 1 is 0.576 bits per heavy atom. The molecule has 0 unspecified atom stereocenters. The molecule has 8 rings (SSSR count). The standard InChI is InChI=1S/C54H56N2O10/c1-5-62-53(58)55-27-25-40-31-49(60-3)50(33-44(40)46(55)29-36-17-21-41(22-18-36)64-34-38-13-9-7-10-14-38)66-51-43-26-28-56(54(59)63-6-2)47(45(43)32-48(57)52(51)61-4)30-37-19-23-42(24-20-37)65-35-39-15-11-8-12-16-39/h7-24,31-33,46-47,57H,5-6,25-30,34-35H2,1-4H3/t46-,47+/m1/s1. The fraction of sp³-hybridized carbons (Fsp3) is 0.296. The van der Waals surface area contributed by atoms with E-state index in [4.69, 9.17) is 33.2 Å². The third kappa shape index (κ3) is 10.3. The molecule has 12 nitrogen and oxygen atoms in total. The number of phenolic OH excluding ortho intramolecular Hbond substituents is 1. The van der Waals surface area contributed by atoms with Crippen molar-refractivity contribution in [1.82, 2.24) is 9.80 Å². The van der Waals surface area contributed by atoms with E-state index < -0.39 is 24.3 Å². The van der Waals surface area contributed by atoms with Gasteiger partial charge in [-0.2, -0.15) is 0 Å². The number of amides is 2. The number of hydrogen-bond donors (Lipinski definition) is 1. The van der Waals surface area contributed by atoms with Crippen molar-refractivity contribution in [1.29, 1.82) is 0 Å². The number of nitrogens with zero attached hydrogens (tertiary/aromatic N) is 2. The van der Waals surface area contributed by atoms with Gasteiger partial charge in [0, 0.05) is 18.7 Å². The van der Waals surface area contributed by atoms with Crippen molar-refractivity contribution in [3.8, 4) is 40.2 Å². The first kappa shape index (κ1) is 45.2. The number of hydrogen-bond acceptors (Lipinski definition) is 10. The van der Waals surface area contributed by atoms with Crippen molar-refractivity contribution < 1.29 is 47.9 Å². The molecule has 0 aliphatic carbocycles. The Morgan fingerprint density at radius 2 is 1.09 bits per heavy atom. The van der Waals surface area contributed by atoms with Crippen molar-refractivity contribution in [2.45, 2.75) is 64.8 Å². The molecule has 66 heavy (non-hydrogen) atoms. The Hall–Kier alpha value is -7.34. The van der Waals surface area contributed by atoms with Crippen LogP contribution in [-0.4, -0.2) is 67.6 Å². The Labute approximate surface area is 386 Å². The molecule has 1 N–H and O–H groups in total. The Bertz CT molecular complexity index is 2590. The van der Waals surface area contributed by atoms with Crippen LogP contribution in [0.1, 0.15) is 70.4 Å². The highest BCUT2D eigenvalue weighted by Gasteiger charge is 2.38. The summed E-state index contributed by atoms with van der Waals surface area (Å²) in [7, 11) is 3.07. The maximum absolute atomic E-state index is 13.6. The molecule has 2 aliphatic heterocycles. The Kier molecular flexibility index (Phi) is 14.5. The summed E-state index contributed by atoms with van der Waals surface area (Å²) in [5, 5.41) is 11.7. The highest BCUT2D eigenvalue weighted by atomic mass is 16.6. The van der Waals surface area contributed by atoms with Gasteiger partial charge >= 0.3 is 12.2 Å². The maximum atomic E-state index is 13.6. The molecule has 6 aromatic rings. The van der Waals surface area contributed by atoms with Gasteiger partial charge in [-0.15, -0.1) is 0 Å². The monoisotopic (exact) mass is 892 g/mol. The molecule has 0 aromatic heterocycles. The quantitative estimate of drug-likeness (QED) is 0.100. The topological polar surface area (TPSA) is 125 Å². The van der Waals surface area contributed by atoms with Crippen LogP contribution in [0, 0.1) is 0 Å². The van der Waals surface area contributed by atoms with Gasteiger partial charge in [-0.05, 0) is 121 Å². The van der Waals surface area contributed by atoms with Crippen LogP contribution < -0.4 is 23.7 Å². The highest BCUT2D eigenvalue weighted by Crippen LogP contribution is 2.51. The lowest BCUT2D eigenvalue weighted by molar-refractivity contribution is 0.0856. The Morgan fingerprint density at radius 3 is 1.59 bits per heavy atom. The summed E-state index contributed by atoms with van der Waals surface area (Å²) in [6.45, 7) is 5.71. The maximum Gasteiger partial charge on any atom is 0.410 e. The van der Waals surface area contributed by atoms with Gasteiger partial charge in [-0.1, -0.05) is 84.9 Å². The molecule has 2 heterocycles. The Balaban J connectivity index is 1.11. The van der Waals surface area contributed by atoms with E-state index >= 15 is 0 Å². The van der Waals surface area contributed by atoms with Crippen LogP contribution in [0.2, 0.25) is 0 Å². The second-order valence-electron chi connectivity index (χ2n) is 16.2. The van der Waals surface area contributed by atoms with Crippen molar-refractivity contribution >= 4 is 12.2 Å². The molecule has 342 valence electrons. The largest absolute Gasteiger partial charge is 0.504 e. The van der Waals surface area contributed by atoms with Crippen LogP contribution in [0.4, 0.5) is 9.59 Å². The predicted molar refractivity (Wildman–Crippen MR) is 250 cm³/mol. The third-order valence-corrected chi connectivity index (χ3v) is 12.1. The molecule has 0 bridgehead atoms. The lowest BCUT2D eigenvalue weighted by Gasteiger charge is -2.38. The van der Waals surface area contributed by atoms with E-state index in [1.54, 1.807) is 36.8 Å². The third-order valence-electron chi connectivity index (χ3n) is 12.1. The number of rotatable bonds is 16. The molecule has 6 aromatic carbocycles. The molecular formula is C54H56N2O10. The zero-order chi connectivity index (χ0) is 46.0. The van der Waals surface area contributed by atoms with E-state index in [0.29, 0.717) is 74.8 Å². The van der Waals surface area contributed by atoms with Crippen molar-refractivity contribution in [3.63, 3.8) is 0 Å². The van der Waals surface area contributed by atoms with Crippen LogP contribution in [0.15, 0.2) is 127 Å². The van der Waals surface area contributed by atoms with E-state index in [1.807, 2.05) is 121 Å². The van der Waals surface area contributed by atoms with Crippen LogP contribution in [0.5, 0.6) is 40.2 Å². The molecule has 0 fully saturated rings. The summed E-state index contributed by atoms with van der Waals surface area (Å²) in [6.07, 6.45) is 1.03. The molecule has 0 saturated heterocycles. The predicted octanol–water partition coefficient (Wildman–Crippen LogP) is 11.0. The van der Waals surface area contributed by atoms with Crippen LogP contribution in [-0.2, 0) is 48.4 Å². The number of aromatic hydroxyl groups is 1. The molecule has 0 spiro atoms.